The molecule has 10 nitrogen and oxygen atoms in total. The summed E-state index contributed by atoms with van der Waals surface area (Å²) in [6, 6.07) is 5.39. The smallest absolute Gasteiger partial charge is 0.312 e. The summed E-state index contributed by atoms with van der Waals surface area (Å²) in [5, 5.41) is 22.6. The van der Waals surface area contributed by atoms with Crippen molar-refractivity contribution in [3.63, 3.8) is 0 Å². The molecule has 0 radical (unpaired) electrons. The molecule has 2 rings (SSSR count). The molecule has 2 aromatic carbocycles. The van der Waals surface area contributed by atoms with E-state index < -0.39 is 9.85 Å². The average molecular weight is 390 g/mol. The quantitative estimate of drug-likeness (QED) is 0.380. The van der Waals surface area contributed by atoms with Crippen LogP contribution in [0.25, 0.3) is 12.2 Å². The maximum atomic E-state index is 11.4. The highest BCUT2D eigenvalue weighted by atomic mass is 16.6. The number of methoxy groups -OCH3 is 4. The molecular formula is C18H18N2O8. The monoisotopic (exact) mass is 390 g/mol. The molecule has 0 heterocycles. The first kappa shape index (κ1) is 20.5. The first-order valence-electron chi connectivity index (χ1n) is 7.85. The van der Waals surface area contributed by atoms with Gasteiger partial charge in [-0.05, 0) is 23.8 Å². The fourth-order valence-electron chi connectivity index (χ4n) is 2.56. The number of benzene rings is 2. The summed E-state index contributed by atoms with van der Waals surface area (Å²) in [5.41, 5.74) is -0.0719. The van der Waals surface area contributed by atoms with E-state index in [0.717, 1.165) is 12.1 Å². The zero-order valence-corrected chi connectivity index (χ0v) is 15.6. The van der Waals surface area contributed by atoms with Crippen molar-refractivity contribution in [2.45, 2.75) is 0 Å². The summed E-state index contributed by atoms with van der Waals surface area (Å²) in [4.78, 5) is 21.3. The number of ether oxygens (including phenoxy) is 4. The molecule has 0 aliphatic carbocycles. The van der Waals surface area contributed by atoms with E-state index in [4.69, 9.17) is 18.9 Å². The van der Waals surface area contributed by atoms with Crippen molar-refractivity contribution in [2.75, 3.05) is 28.4 Å². The van der Waals surface area contributed by atoms with Gasteiger partial charge in [-0.3, -0.25) is 20.2 Å². The van der Waals surface area contributed by atoms with Crippen LogP contribution in [0.15, 0.2) is 24.3 Å². The second-order valence-corrected chi connectivity index (χ2v) is 5.39. The van der Waals surface area contributed by atoms with Crippen LogP contribution in [-0.4, -0.2) is 38.3 Å². The summed E-state index contributed by atoms with van der Waals surface area (Å²) in [5.74, 6) is 1.00. The summed E-state index contributed by atoms with van der Waals surface area (Å²) < 4.78 is 20.6. The Hall–Kier alpha value is -3.82. The maximum absolute atomic E-state index is 11.4. The Morgan fingerprint density at radius 3 is 1.68 bits per heavy atom. The van der Waals surface area contributed by atoms with Gasteiger partial charge in [0.1, 0.15) is 0 Å². The molecule has 148 valence electrons. The normalized spacial score (nSPS) is 10.6. The van der Waals surface area contributed by atoms with E-state index in [9.17, 15) is 20.2 Å². The van der Waals surface area contributed by atoms with Gasteiger partial charge in [0.2, 0.25) is 11.5 Å². The molecule has 0 saturated heterocycles. The van der Waals surface area contributed by atoms with Gasteiger partial charge in [-0.2, -0.15) is 0 Å². The maximum Gasteiger partial charge on any atom is 0.312 e. The lowest BCUT2D eigenvalue weighted by atomic mass is 10.1. The van der Waals surface area contributed by atoms with Crippen molar-refractivity contribution < 1.29 is 28.8 Å². The topological polar surface area (TPSA) is 123 Å². The lowest BCUT2D eigenvalue weighted by molar-refractivity contribution is -0.390. The van der Waals surface area contributed by atoms with Gasteiger partial charge in [0.15, 0.2) is 11.5 Å². The Bertz CT molecular complexity index is 914. The number of nitro groups is 2. The average Bonchev–Trinajstić information content (AvgIpc) is 2.70. The molecule has 0 aliphatic heterocycles. The lowest BCUT2D eigenvalue weighted by Gasteiger charge is -2.12. The molecule has 0 spiro atoms. The predicted octanol–water partition coefficient (Wildman–Crippen LogP) is 3.71. The lowest BCUT2D eigenvalue weighted by Crippen LogP contribution is -1.98. The SMILES string of the molecule is COc1cc([N+](=O)[O-])c(/C=C/c2cc(OC)c(OC)c(OC)c2)cc1[N+](=O)[O-]. The largest absolute Gasteiger partial charge is 0.493 e. The van der Waals surface area contributed by atoms with Crippen LogP contribution in [-0.2, 0) is 0 Å². The molecule has 2 aromatic rings. The number of hydrogen-bond acceptors (Lipinski definition) is 8. The molecule has 0 unspecified atom stereocenters. The van der Waals surface area contributed by atoms with Crippen LogP contribution >= 0.6 is 0 Å². The van der Waals surface area contributed by atoms with Gasteiger partial charge >= 0.3 is 5.69 Å². The highest BCUT2D eigenvalue weighted by molar-refractivity contribution is 5.78. The van der Waals surface area contributed by atoms with Gasteiger partial charge in [0.25, 0.3) is 5.69 Å². The van der Waals surface area contributed by atoms with E-state index >= 15 is 0 Å². The van der Waals surface area contributed by atoms with E-state index in [1.807, 2.05) is 0 Å². The molecule has 0 amide bonds. The first-order chi connectivity index (χ1) is 13.4. The number of rotatable bonds is 8. The van der Waals surface area contributed by atoms with Crippen molar-refractivity contribution in [1.82, 2.24) is 0 Å². The highest BCUT2D eigenvalue weighted by Crippen LogP contribution is 2.39. The second-order valence-electron chi connectivity index (χ2n) is 5.39. The molecule has 0 atom stereocenters. The minimum absolute atomic E-state index is 0.0475. The van der Waals surface area contributed by atoms with E-state index in [-0.39, 0.29) is 22.7 Å². The molecule has 0 bridgehead atoms. The van der Waals surface area contributed by atoms with E-state index in [0.29, 0.717) is 22.8 Å². The van der Waals surface area contributed by atoms with E-state index in [1.165, 1.54) is 34.5 Å². The fraction of sp³-hybridized carbons (Fsp3) is 0.222. The van der Waals surface area contributed by atoms with Crippen LogP contribution in [0, 0.1) is 20.2 Å². The van der Waals surface area contributed by atoms with Gasteiger partial charge in [0, 0.05) is 6.07 Å². The number of nitro benzene ring substituents is 2. The van der Waals surface area contributed by atoms with Gasteiger partial charge in [-0.1, -0.05) is 6.08 Å². The molecule has 0 fully saturated rings. The Balaban J connectivity index is 2.58. The Morgan fingerprint density at radius 1 is 0.714 bits per heavy atom. The van der Waals surface area contributed by atoms with Crippen LogP contribution in [0.3, 0.4) is 0 Å². The molecule has 0 saturated carbocycles. The van der Waals surface area contributed by atoms with Crippen LogP contribution < -0.4 is 18.9 Å². The first-order valence-corrected chi connectivity index (χ1v) is 7.85. The van der Waals surface area contributed by atoms with Crippen LogP contribution in [0.4, 0.5) is 11.4 Å². The highest BCUT2D eigenvalue weighted by Gasteiger charge is 2.23. The van der Waals surface area contributed by atoms with Crippen molar-refractivity contribution in [2.24, 2.45) is 0 Å². The van der Waals surface area contributed by atoms with Crippen molar-refractivity contribution in [1.29, 1.82) is 0 Å². The molecule has 0 aliphatic rings. The summed E-state index contributed by atoms with van der Waals surface area (Å²) in [6.07, 6.45) is 2.94. The van der Waals surface area contributed by atoms with Gasteiger partial charge in [-0.15, -0.1) is 0 Å². The van der Waals surface area contributed by atoms with Crippen LogP contribution in [0.5, 0.6) is 23.0 Å². The molecule has 0 aromatic heterocycles. The third kappa shape index (κ3) is 4.11. The van der Waals surface area contributed by atoms with Crippen molar-refractivity contribution >= 4 is 23.5 Å². The second kappa shape index (κ2) is 8.71. The zero-order valence-electron chi connectivity index (χ0n) is 15.6. The minimum Gasteiger partial charge on any atom is -0.493 e. The summed E-state index contributed by atoms with van der Waals surface area (Å²) in [6.45, 7) is 0. The predicted molar refractivity (Wildman–Crippen MR) is 101 cm³/mol. The Kier molecular flexibility index (Phi) is 6.38. The molecule has 28 heavy (non-hydrogen) atoms. The Labute approximate surface area is 160 Å². The van der Waals surface area contributed by atoms with Crippen LogP contribution in [0.1, 0.15) is 11.1 Å². The van der Waals surface area contributed by atoms with E-state index in [2.05, 4.69) is 0 Å². The molecule has 10 heteroatoms. The fourth-order valence-corrected chi connectivity index (χ4v) is 2.56. The van der Waals surface area contributed by atoms with E-state index in [1.54, 1.807) is 18.2 Å². The summed E-state index contributed by atoms with van der Waals surface area (Å²) in [7, 11) is 5.60. The van der Waals surface area contributed by atoms with Crippen molar-refractivity contribution in [3.05, 3.63) is 55.6 Å². The zero-order chi connectivity index (χ0) is 20.8. The summed E-state index contributed by atoms with van der Waals surface area (Å²) >= 11 is 0. The molecule has 0 N–H and O–H groups in total. The number of hydrogen-bond donors (Lipinski definition) is 0. The minimum atomic E-state index is -0.667. The number of nitrogens with zero attached hydrogens (tertiary/aromatic N) is 2. The van der Waals surface area contributed by atoms with Crippen LogP contribution in [0.2, 0.25) is 0 Å². The molecular weight excluding hydrogens is 372 g/mol. The Morgan fingerprint density at radius 2 is 1.25 bits per heavy atom. The van der Waals surface area contributed by atoms with Gasteiger partial charge < -0.3 is 18.9 Å². The third-order valence-corrected chi connectivity index (χ3v) is 3.86. The standard InChI is InChI=1S/C18H18N2O8/c1-25-15-10-13(19(21)22)12(9-14(15)20(23)24)6-5-11-7-16(26-2)18(28-4)17(8-11)27-3/h5-10H,1-4H3/b6-5+. The third-order valence-electron chi connectivity index (χ3n) is 3.86. The van der Waals surface area contributed by atoms with Gasteiger partial charge in [-0.25, -0.2) is 0 Å². The van der Waals surface area contributed by atoms with Crippen molar-refractivity contribution in [3.8, 4) is 23.0 Å². The van der Waals surface area contributed by atoms with Gasteiger partial charge in [0.05, 0.1) is 49.9 Å².